The molecule has 0 bridgehead atoms. The Kier molecular flexibility index (Phi) is 5.78. The van der Waals surface area contributed by atoms with Crippen molar-refractivity contribution in [2.45, 2.75) is 6.04 Å². The highest BCUT2D eigenvalue weighted by atomic mass is 79.9. The van der Waals surface area contributed by atoms with E-state index in [1.807, 2.05) is 41.1 Å². The number of thiophene rings is 1. The normalized spacial score (nSPS) is 16.7. The van der Waals surface area contributed by atoms with Gasteiger partial charge >= 0.3 is 0 Å². The van der Waals surface area contributed by atoms with E-state index in [0.717, 1.165) is 10.0 Å². The predicted molar refractivity (Wildman–Crippen MR) is 121 cm³/mol. The minimum Gasteiger partial charge on any atom is -0.497 e. The van der Waals surface area contributed by atoms with Gasteiger partial charge in [-0.3, -0.25) is 19.4 Å². The van der Waals surface area contributed by atoms with Crippen molar-refractivity contribution in [1.29, 1.82) is 0 Å². The number of anilines is 2. The summed E-state index contributed by atoms with van der Waals surface area (Å²) in [4.78, 5) is 30.1. The number of benzene rings is 2. The second kappa shape index (κ2) is 8.49. The van der Waals surface area contributed by atoms with Crippen molar-refractivity contribution in [3.8, 4) is 11.5 Å². The molecule has 1 aromatic heterocycles. The minimum absolute atomic E-state index is 0.0982. The molecule has 0 radical (unpaired) electrons. The standard InChI is InChI=1S/C22H19BrN2O4S/c1-28-17-7-8-19(29-2)18(11-17)24-12-20(26)25(16-5-3-15(23)4-6-16)21(22(24)27)14-9-10-30-13-14/h3-11,13,21H,12H2,1-2H3/t21-/m0/s1. The zero-order valence-electron chi connectivity index (χ0n) is 16.4. The largest absolute Gasteiger partial charge is 0.497 e. The van der Waals surface area contributed by atoms with E-state index in [4.69, 9.17) is 9.47 Å². The molecule has 0 aliphatic carbocycles. The summed E-state index contributed by atoms with van der Waals surface area (Å²) in [6.07, 6.45) is 0. The van der Waals surface area contributed by atoms with Crippen molar-refractivity contribution in [1.82, 2.24) is 0 Å². The van der Waals surface area contributed by atoms with E-state index < -0.39 is 6.04 Å². The lowest BCUT2D eigenvalue weighted by atomic mass is 10.0. The molecule has 154 valence electrons. The van der Waals surface area contributed by atoms with Gasteiger partial charge in [-0.05, 0) is 58.8 Å². The van der Waals surface area contributed by atoms with Gasteiger partial charge in [-0.1, -0.05) is 15.9 Å². The SMILES string of the molecule is COc1ccc(OC)c(N2CC(=O)N(c3ccc(Br)cc3)[C@@H](c3ccsc3)C2=O)c1. The number of nitrogens with zero attached hydrogens (tertiary/aromatic N) is 2. The Morgan fingerprint density at radius 3 is 2.43 bits per heavy atom. The first kappa shape index (κ1) is 20.4. The highest BCUT2D eigenvalue weighted by molar-refractivity contribution is 9.10. The quantitative estimate of drug-likeness (QED) is 0.526. The van der Waals surface area contributed by atoms with Crippen LogP contribution in [0.1, 0.15) is 11.6 Å². The van der Waals surface area contributed by atoms with Crippen LogP contribution in [0.5, 0.6) is 11.5 Å². The first-order chi connectivity index (χ1) is 14.5. The van der Waals surface area contributed by atoms with Gasteiger partial charge in [0, 0.05) is 16.2 Å². The summed E-state index contributed by atoms with van der Waals surface area (Å²) in [5.41, 5.74) is 1.95. The second-order valence-corrected chi connectivity index (χ2v) is 8.36. The number of carbonyl (C=O) groups excluding carboxylic acids is 2. The van der Waals surface area contributed by atoms with Gasteiger partial charge in [0.05, 0.1) is 19.9 Å². The molecule has 0 N–H and O–H groups in total. The summed E-state index contributed by atoms with van der Waals surface area (Å²) in [6.45, 7) is -0.0982. The van der Waals surface area contributed by atoms with Crippen LogP contribution < -0.4 is 19.3 Å². The van der Waals surface area contributed by atoms with E-state index in [-0.39, 0.29) is 18.4 Å². The first-order valence-electron chi connectivity index (χ1n) is 9.16. The number of halogens is 1. The molecule has 30 heavy (non-hydrogen) atoms. The molecule has 0 unspecified atom stereocenters. The fourth-order valence-electron chi connectivity index (χ4n) is 3.52. The lowest BCUT2D eigenvalue weighted by Gasteiger charge is -2.40. The summed E-state index contributed by atoms with van der Waals surface area (Å²) in [7, 11) is 3.09. The summed E-state index contributed by atoms with van der Waals surface area (Å²) >= 11 is 4.90. The highest BCUT2D eigenvalue weighted by Crippen LogP contribution is 2.39. The summed E-state index contributed by atoms with van der Waals surface area (Å²) < 4.78 is 11.7. The lowest BCUT2D eigenvalue weighted by Crippen LogP contribution is -2.56. The van der Waals surface area contributed by atoms with Crippen LogP contribution >= 0.6 is 27.3 Å². The average molecular weight is 487 g/mol. The summed E-state index contributed by atoms with van der Waals surface area (Å²) in [5, 5.41) is 3.80. The van der Waals surface area contributed by atoms with E-state index in [9.17, 15) is 9.59 Å². The van der Waals surface area contributed by atoms with Crippen LogP contribution in [-0.4, -0.2) is 32.6 Å². The Labute approximate surface area is 186 Å². The smallest absolute Gasteiger partial charge is 0.255 e. The molecule has 1 fully saturated rings. The number of rotatable bonds is 5. The van der Waals surface area contributed by atoms with Crippen molar-refractivity contribution < 1.29 is 19.1 Å². The monoisotopic (exact) mass is 486 g/mol. The average Bonchev–Trinajstić information content (AvgIpc) is 3.29. The fourth-order valence-corrected chi connectivity index (χ4v) is 4.46. The third-order valence-corrected chi connectivity index (χ3v) is 6.19. The molecule has 4 rings (SSSR count). The number of methoxy groups -OCH3 is 2. The zero-order chi connectivity index (χ0) is 21.3. The lowest BCUT2D eigenvalue weighted by molar-refractivity contribution is -0.128. The number of piperazine rings is 1. The van der Waals surface area contributed by atoms with Gasteiger partial charge in [-0.25, -0.2) is 0 Å². The molecule has 0 saturated carbocycles. The molecule has 2 aromatic carbocycles. The van der Waals surface area contributed by atoms with E-state index in [1.165, 1.54) is 23.3 Å². The van der Waals surface area contributed by atoms with Crippen LogP contribution in [0.2, 0.25) is 0 Å². The third-order valence-electron chi connectivity index (χ3n) is 4.96. The Morgan fingerprint density at radius 1 is 1.03 bits per heavy atom. The third kappa shape index (κ3) is 3.68. The van der Waals surface area contributed by atoms with E-state index in [1.54, 1.807) is 30.2 Å². The van der Waals surface area contributed by atoms with Crippen LogP contribution in [0, 0.1) is 0 Å². The molecule has 2 amide bonds. The van der Waals surface area contributed by atoms with Gasteiger partial charge in [0.25, 0.3) is 5.91 Å². The molecule has 2 heterocycles. The van der Waals surface area contributed by atoms with Gasteiger partial charge in [-0.15, -0.1) is 0 Å². The number of hydrogen-bond acceptors (Lipinski definition) is 5. The molecule has 3 aromatic rings. The number of hydrogen-bond donors (Lipinski definition) is 0. The predicted octanol–water partition coefficient (Wildman–Crippen LogP) is 4.65. The maximum Gasteiger partial charge on any atom is 0.255 e. The molecule has 1 aliphatic heterocycles. The second-order valence-electron chi connectivity index (χ2n) is 6.66. The maximum absolute atomic E-state index is 13.7. The number of carbonyl (C=O) groups is 2. The van der Waals surface area contributed by atoms with Gasteiger partial charge in [0.2, 0.25) is 5.91 Å². The Morgan fingerprint density at radius 2 is 1.80 bits per heavy atom. The molecule has 6 nitrogen and oxygen atoms in total. The summed E-state index contributed by atoms with van der Waals surface area (Å²) in [5.74, 6) is 0.687. The van der Waals surface area contributed by atoms with Crippen molar-refractivity contribution in [2.24, 2.45) is 0 Å². The first-order valence-corrected chi connectivity index (χ1v) is 10.9. The van der Waals surface area contributed by atoms with Gasteiger partial charge in [0.1, 0.15) is 24.1 Å². The maximum atomic E-state index is 13.7. The van der Waals surface area contributed by atoms with E-state index in [0.29, 0.717) is 22.9 Å². The van der Waals surface area contributed by atoms with Crippen molar-refractivity contribution in [3.63, 3.8) is 0 Å². The minimum atomic E-state index is -0.769. The van der Waals surface area contributed by atoms with Crippen molar-refractivity contribution >= 4 is 50.5 Å². The molecule has 8 heteroatoms. The van der Waals surface area contributed by atoms with Crippen LogP contribution in [0.4, 0.5) is 11.4 Å². The molecular formula is C22H19BrN2O4S. The van der Waals surface area contributed by atoms with Crippen LogP contribution in [0.15, 0.2) is 63.8 Å². The molecular weight excluding hydrogens is 468 g/mol. The molecule has 1 saturated heterocycles. The summed E-state index contributed by atoms with van der Waals surface area (Å²) in [6, 6.07) is 13.7. The van der Waals surface area contributed by atoms with Gasteiger partial charge in [-0.2, -0.15) is 11.3 Å². The Hall–Kier alpha value is -2.84. The zero-order valence-corrected chi connectivity index (χ0v) is 18.8. The van der Waals surface area contributed by atoms with Gasteiger partial charge < -0.3 is 9.47 Å². The molecule has 0 spiro atoms. The molecule has 1 aliphatic rings. The molecule has 1 atom stereocenters. The van der Waals surface area contributed by atoms with E-state index in [2.05, 4.69) is 15.9 Å². The van der Waals surface area contributed by atoms with Crippen molar-refractivity contribution in [2.75, 3.05) is 30.6 Å². The number of ether oxygens (including phenoxy) is 2. The Bertz CT molecular complexity index is 1070. The highest BCUT2D eigenvalue weighted by Gasteiger charge is 2.42. The topological polar surface area (TPSA) is 59.1 Å². The van der Waals surface area contributed by atoms with E-state index >= 15 is 0 Å². The Balaban J connectivity index is 1.81. The van der Waals surface area contributed by atoms with Crippen LogP contribution in [0.25, 0.3) is 0 Å². The van der Waals surface area contributed by atoms with Crippen molar-refractivity contribution in [3.05, 3.63) is 69.3 Å². The van der Waals surface area contributed by atoms with Crippen LogP contribution in [-0.2, 0) is 9.59 Å². The fraction of sp³-hybridized carbons (Fsp3) is 0.182. The van der Waals surface area contributed by atoms with Gasteiger partial charge in [0.15, 0.2) is 0 Å². The number of amides is 2. The van der Waals surface area contributed by atoms with Crippen LogP contribution in [0.3, 0.4) is 0 Å².